The lowest BCUT2D eigenvalue weighted by Crippen LogP contribution is -1.99. The highest BCUT2D eigenvalue weighted by molar-refractivity contribution is 7.19. The summed E-state index contributed by atoms with van der Waals surface area (Å²) in [7, 11) is 1.67. The molecule has 5 aromatic rings. The maximum Gasteiger partial charge on any atom is 0.183 e. The summed E-state index contributed by atoms with van der Waals surface area (Å²) in [4.78, 5) is 5.79. The Balaban J connectivity index is 1.29. The molecule has 0 saturated carbocycles. The molecule has 0 radical (unpaired) electrons. The molecule has 162 valence electrons. The Labute approximate surface area is 193 Å². The summed E-state index contributed by atoms with van der Waals surface area (Å²) in [6.07, 6.45) is 3.87. The molecule has 9 heteroatoms. The molecule has 4 aromatic heterocycles. The van der Waals surface area contributed by atoms with E-state index in [0.29, 0.717) is 6.54 Å². The zero-order valence-corrected chi connectivity index (χ0v) is 19.3. The Morgan fingerprint density at radius 2 is 2.03 bits per heavy atom. The number of thiophene rings is 1. The summed E-state index contributed by atoms with van der Waals surface area (Å²) in [6.45, 7) is 3.42. The van der Waals surface area contributed by atoms with Gasteiger partial charge in [0.2, 0.25) is 0 Å². The number of H-pyrrole nitrogens is 1. The smallest absolute Gasteiger partial charge is 0.183 e. The van der Waals surface area contributed by atoms with Crippen LogP contribution in [0.3, 0.4) is 0 Å². The monoisotopic (exact) mass is 462 g/mol. The molecule has 0 aliphatic rings. The third-order valence-corrected chi connectivity index (χ3v) is 6.99. The van der Waals surface area contributed by atoms with Crippen LogP contribution in [0.1, 0.15) is 16.8 Å². The highest BCUT2D eigenvalue weighted by atomic mass is 32.1. The second-order valence-corrected chi connectivity index (χ2v) is 9.10. The molecule has 0 spiro atoms. The molecule has 0 aliphatic carbocycles. The van der Waals surface area contributed by atoms with Crippen LogP contribution in [0.25, 0.3) is 21.8 Å². The van der Waals surface area contributed by atoms with Crippen LogP contribution in [0.15, 0.2) is 59.6 Å². The molecular weight excluding hydrogens is 440 g/mol. The number of aryl methyl sites for hydroxylation is 1. The van der Waals surface area contributed by atoms with E-state index < -0.39 is 0 Å². The minimum Gasteiger partial charge on any atom is -0.497 e. The van der Waals surface area contributed by atoms with Gasteiger partial charge >= 0.3 is 0 Å². The van der Waals surface area contributed by atoms with Gasteiger partial charge in [-0.1, -0.05) is 11.3 Å². The van der Waals surface area contributed by atoms with E-state index in [-0.39, 0.29) is 0 Å². The van der Waals surface area contributed by atoms with E-state index in [1.807, 2.05) is 48.3 Å². The molecule has 4 heterocycles. The molecule has 1 aromatic carbocycles. The van der Waals surface area contributed by atoms with Crippen molar-refractivity contribution >= 4 is 27.8 Å². The Bertz CT molecular complexity index is 1300. The summed E-state index contributed by atoms with van der Waals surface area (Å²) in [5.74, 6) is 0.830. The first-order valence-electron chi connectivity index (χ1n) is 10.1. The number of rotatable bonds is 8. The Morgan fingerprint density at radius 1 is 1.16 bits per heavy atom. The number of anilines is 1. The molecule has 0 unspecified atom stereocenters. The van der Waals surface area contributed by atoms with Crippen molar-refractivity contribution in [3.63, 3.8) is 0 Å². The summed E-state index contributed by atoms with van der Waals surface area (Å²) < 4.78 is 7.22. The SMILES string of the molecule is COc1ccc(-c2[nH]ncc2CNc2nc(C)c(-c3ccn(Cc4ccsc4)n3)s2)cc1. The Hall–Kier alpha value is -3.43. The first kappa shape index (κ1) is 20.5. The highest BCUT2D eigenvalue weighted by Gasteiger charge is 2.14. The topological polar surface area (TPSA) is 80.6 Å². The second-order valence-electron chi connectivity index (χ2n) is 7.32. The van der Waals surface area contributed by atoms with Gasteiger partial charge in [0.15, 0.2) is 5.13 Å². The molecule has 0 amide bonds. The van der Waals surface area contributed by atoms with Gasteiger partial charge in [0, 0.05) is 23.9 Å². The molecule has 0 atom stereocenters. The normalized spacial score (nSPS) is 11.1. The standard InChI is InChI=1S/C23H22N6OS2/c1-15-22(20-7-9-29(28-20)13-16-8-10-31-14-16)32-23(26-15)24-11-18-12-25-27-21(18)17-3-5-19(30-2)6-4-17/h3-10,12,14H,11,13H2,1-2H3,(H,24,26)(H,25,27). The van der Waals surface area contributed by atoms with E-state index >= 15 is 0 Å². The highest BCUT2D eigenvalue weighted by Crippen LogP contribution is 2.32. The zero-order chi connectivity index (χ0) is 21.9. The lowest BCUT2D eigenvalue weighted by Gasteiger charge is -2.05. The fraction of sp³-hybridized carbons (Fsp3) is 0.174. The summed E-state index contributed by atoms with van der Waals surface area (Å²) in [6, 6.07) is 12.1. The van der Waals surface area contributed by atoms with E-state index in [1.54, 1.807) is 29.8 Å². The van der Waals surface area contributed by atoms with Gasteiger partial charge in [-0.25, -0.2) is 4.98 Å². The molecule has 0 bridgehead atoms. The van der Waals surface area contributed by atoms with Crippen molar-refractivity contribution in [2.75, 3.05) is 12.4 Å². The number of nitrogens with one attached hydrogen (secondary N) is 2. The van der Waals surface area contributed by atoms with Crippen LogP contribution in [0.2, 0.25) is 0 Å². The molecule has 32 heavy (non-hydrogen) atoms. The van der Waals surface area contributed by atoms with Crippen molar-refractivity contribution in [3.8, 4) is 27.6 Å². The number of hydrogen-bond acceptors (Lipinski definition) is 7. The van der Waals surface area contributed by atoms with E-state index in [9.17, 15) is 0 Å². The molecule has 2 N–H and O–H groups in total. The Kier molecular flexibility index (Phi) is 5.74. The third-order valence-electron chi connectivity index (χ3n) is 5.12. The number of aromatic nitrogens is 5. The van der Waals surface area contributed by atoms with Gasteiger partial charge in [-0.15, -0.1) is 0 Å². The fourth-order valence-corrected chi connectivity index (χ4v) is 5.06. The first-order valence-corrected chi connectivity index (χ1v) is 11.9. The largest absolute Gasteiger partial charge is 0.497 e. The van der Waals surface area contributed by atoms with Crippen molar-refractivity contribution in [1.82, 2.24) is 25.0 Å². The Morgan fingerprint density at radius 3 is 2.81 bits per heavy atom. The predicted octanol–water partition coefficient (Wildman–Crippen LogP) is 5.44. The predicted molar refractivity (Wildman–Crippen MR) is 129 cm³/mol. The quantitative estimate of drug-likeness (QED) is 0.321. The molecular formula is C23H22N6OS2. The van der Waals surface area contributed by atoms with Crippen molar-refractivity contribution in [3.05, 3.63) is 76.4 Å². The number of ether oxygens (including phenoxy) is 1. The van der Waals surface area contributed by atoms with Gasteiger partial charge in [-0.3, -0.25) is 9.78 Å². The second kappa shape index (κ2) is 8.97. The summed E-state index contributed by atoms with van der Waals surface area (Å²) in [5, 5.41) is 20.6. The summed E-state index contributed by atoms with van der Waals surface area (Å²) in [5.41, 5.74) is 6.31. The molecule has 0 fully saturated rings. The zero-order valence-electron chi connectivity index (χ0n) is 17.7. The van der Waals surface area contributed by atoms with E-state index in [1.165, 1.54) is 5.56 Å². The van der Waals surface area contributed by atoms with Gasteiger partial charge in [-0.05, 0) is 59.6 Å². The van der Waals surface area contributed by atoms with Crippen molar-refractivity contribution in [1.29, 1.82) is 0 Å². The number of nitrogens with zero attached hydrogens (tertiary/aromatic N) is 4. The maximum atomic E-state index is 5.25. The maximum absolute atomic E-state index is 5.25. The third kappa shape index (κ3) is 4.30. The van der Waals surface area contributed by atoms with Gasteiger partial charge in [0.05, 0.1) is 36.1 Å². The van der Waals surface area contributed by atoms with E-state index in [0.717, 1.165) is 50.5 Å². The van der Waals surface area contributed by atoms with Gasteiger partial charge in [0.1, 0.15) is 11.4 Å². The first-order chi connectivity index (χ1) is 15.7. The van der Waals surface area contributed by atoms with Crippen molar-refractivity contribution in [2.24, 2.45) is 0 Å². The summed E-state index contributed by atoms with van der Waals surface area (Å²) >= 11 is 3.32. The lowest BCUT2D eigenvalue weighted by atomic mass is 10.1. The van der Waals surface area contributed by atoms with Gasteiger partial charge in [-0.2, -0.15) is 21.5 Å². The van der Waals surface area contributed by atoms with E-state index in [4.69, 9.17) is 14.8 Å². The van der Waals surface area contributed by atoms with Crippen LogP contribution in [0.5, 0.6) is 5.75 Å². The average molecular weight is 463 g/mol. The lowest BCUT2D eigenvalue weighted by molar-refractivity contribution is 0.415. The van der Waals surface area contributed by atoms with Crippen LogP contribution in [-0.2, 0) is 13.1 Å². The van der Waals surface area contributed by atoms with Crippen LogP contribution < -0.4 is 10.1 Å². The number of hydrogen-bond donors (Lipinski definition) is 2. The minimum absolute atomic E-state index is 0.622. The van der Waals surface area contributed by atoms with Crippen molar-refractivity contribution < 1.29 is 4.74 Å². The van der Waals surface area contributed by atoms with Gasteiger partial charge < -0.3 is 10.1 Å². The number of benzene rings is 1. The molecule has 0 aliphatic heterocycles. The van der Waals surface area contributed by atoms with Crippen LogP contribution in [0.4, 0.5) is 5.13 Å². The number of methoxy groups -OCH3 is 1. The van der Waals surface area contributed by atoms with Crippen molar-refractivity contribution in [2.45, 2.75) is 20.0 Å². The van der Waals surface area contributed by atoms with Crippen LogP contribution in [-0.4, -0.2) is 32.1 Å². The van der Waals surface area contributed by atoms with Gasteiger partial charge in [0.25, 0.3) is 0 Å². The number of aromatic amines is 1. The molecule has 0 saturated heterocycles. The van der Waals surface area contributed by atoms with E-state index in [2.05, 4.69) is 38.4 Å². The van der Waals surface area contributed by atoms with Crippen LogP contribution in [0, 0.1) is 6.92 Å². The fourth-order valence-electron chi connectivity index (χ4n) is 3.47. The molecule has 5 rings (SSSR count). The minimum atomic E-state index is 0.622. The molecule has 7 nitrogen and oxygen atoms in total. The average Bonchev–Trinajstić information content (AvgIpc) is 3.61. The van der Waals surface area contributed by atoms with Crippen LogP contribution >= 0.6 is 22.7 Å². The number of thiazole rings is 1.